The molecule has 1 amide bonds. The lowest BCUT2D eigenvalue weighted by Crippen LogP contribution is -2.38. The molecule has 2 unspecified atom stereocenters. The Morgan fingerprint density at radius 1 is 1.37 bits per heavy atom. The topological polar surface area (TPSA) is 55.1 Å². The summed E-state index contributed by atoms with van der Waals surface area (Å²) in [4.78, 5) is 12.0. The van der Waals surface area contributed by atoms with Crippen LogP contribution in [0.2, 0.25) is 0 Å². The fourth-order valence-corrected chi connectivity index (χ4v) is 2.44. The summed E-state index contributed by atoms with van der Waals surface area (Å²) in [6.45, 7) is 2.75. The second-order valence-corrected chi connectivity index (χ2v) is 5.53. The molecular weight excluding hydrogens is 236 g/mol. The summed E-state index contributed by atoms with van der Waals surface area (Å²) in [6.07, 6.45) is 3.97. The number of amides is 1. The number of nitrogens with one attached hydrogen (secondary N) is 1. The molecule has 1 aromatic rings. The van der Waals surface area contributed by atoms with E-state index >= 15 is 0 Å². The van der Waals surface area contributed by atoms with Crippen LogP contribution in [0.1, 0.15) is 44.1 Å². The van der Waals surface area contributed by atoms with Gasteiger partial charge in [-0.3, -0.25) is 4.79 Å². The molecule has 3 N–H and O–H groups in total. The van der Waals surface area contributed by atoms with Crippen LogP contribution in [0, 0.1) is 5.92 Å². The van der Waals surface area contributed by atoms with E-state index in [0.717, 1.165) is 6.42 Å². The van der Waals surface area contributed by atoms with Gasteiger partial charge in [-0.25, -0.2) is 0 Å². The quantitative estimate of drug-likeness (QED) is 0.791. The van der Waals surface area contributed by atoms with Crippen molar-refractivity contribution in [1.29, 1.82) is 0 Å². The highest BCUT2D eigenvalue weighted by molar-refractivity contribution is 5.76. The molecule has 19 heavy (non-hydrogen) atoms. The Morgan fingerprint density at radius 3 is 2.63 bits per heavy atom. The van der Waals surface area contributed by atoms with Crippen molar-refractivity contribution in [3.05, 3.63) is 35.9 Å². The monoisotopic (exact) mass is 260 g/mol. The maximum atomic E-state index is 12.0. The molecular formula is C16H24N2O. The van der Waals surface area contributed by atoms with E-state index in [1.807, 2.05) is 18.2 Å². The fraction of sp³-hybridized carbons (Fsp3) is 0.562. The van der Waals surface area contributed by atoms with Gasteiger partial charge in [-0.15, -0.1) is 0 Å². The highest BCUT2D eigenvalue weighted by atomic mass is 16.1. The number of carbonyl (C=O) groups is 1. The van der Waals surface area contributed by atoms with Crippen LogP contribution < -0.4 is 11.1 Å². The summed E-state index contributed by atoms with van der Waals surface area (Å²) in [6, 6.07) is 10.4. The second-order valence-electron chi connectivity index (χ2n) is 5.53. The van der Waals surface area contributed by atoms with Gasteiger partial charge in [0.1, 0.15) is 0 Å². The molecule has 0 bridgehead atoms. The van der Waals surface area contributed by atoms with Crippen molar-refractivity contribution in [2.45, 2.75) is 44.6 Å². The van der Waals surface area contributed by atoms with Gasteiger partial charge in [0, 0.05) is 19.0 Å². The first kappa shape index (κ1) is 14.1. The summed E-state index contributed by atoms with van der Waals surface area (Å²) >= 11 is 0. The smallest absolute Gasteiger partial charge is 0.220 e. The number of carbonyl (C=O) groups excluding carboxylic acids is 1. The zero-order chi connectivity index (χ0) is 13.7. The third-order valence-corrected chi connectivity index (χ3v) is 3.96. The van der Waals surface area contributed by atoms with E-state index in [1.54, 1.807) is 0 Å². The molecule has 0 aromatic heterocycles. The Kier molecular flexibility index (Phi) is 4.97. The van der Waals surface area contributed by atoms with Gasteiger partial charge in [-0.1, -0.05) is 37.3 Å². The molecule has 2 rings (SSSR count). The van der Waals surface area contributed by atoms with Crippen molar-refractivity contribution in [3.63, 3.8) is 0 Å². The Bertz CT molecular complexity index is 400. The molecule has 0 radical (unpaired) electrons. The van der Waals surface area contributed by atoms with Crippen molar-refractivity contribution in [1.82, 2.24) is 5.32 Å². The Balaban J connectivity index is 1.79. The fourth-order valence-electron chi connectivity index (χ4n) is 2.44. The predicted molar refractivity (Wildman–Crippen MR) is 77.8 cm³/mol. The molecule has 0 spiro atoms. The van der Waals surface area contributed by atoms with Crippen LogP contribution in [0.4, 0.5) is 0 Å². The van der Waals surface area contributed by atoms with Crippen LogP contribution in [0.3, 0.4) is 0 Å². The number of benzene rings is 1. The molecule has 1 aliphatic carbocycles. The van der Waals surface area contributed by atoms with Crippen molar-refractivity contribution in [2.24, 2.45) is 11.7 Å². The normalized spacial score (nSPS) is 17.8. The molecule has 1 fully saturated rings. The van der Waals surface area contributed by atoms with Crippen molar-refractivity contribution in [2.75, 3.05) is 6.54 Å². The number of hydrogen-bond donors (Lipinski definition) is 2. The van der Waals surface area contributed by atoms with Crippen LogP contribution in [0.5, 0.6) is 0 Å². The SMILES string of the molecule is CCC(CC(=O)NCC(N)C1CC1)c1ccccc1. The summed E-state index contributed by atoms with van der Waals surface area (Å²) < 4.78 is 0. The highest BCUT2D eigenvalue weighted by Gasteiger charge is 2.28. The number of nitrogens with two attached hydrogens (primary N) is 1. The van der Waals surface area contributed by atoms with Crippen molar-refractivity contribution < 1.29 is 4.79 Å². The van der Waals surface area contributed by atoms with Gasteiger partial charge in [-0.2, -0.15) is 0 Å². The minimum atomic E-state index is 0.117. The summed E-state index contributed by atoms with van der Waals surface area (Å²) in [5.41, 5.74) is 7.23. The van der Waals surface area contributed by atoms with Crippen LogP contribution >= 0.6 is 0 Å². The van der Waals surface area contributed by atoms with E-state index in [1.165, 1.54) is 18.4 Å². The molecule has 1 saturated carbocycles. The maximum Gasteiger partial charge on any atom is 0.220 e. The summed E-state index contributed by atoms with van der Waals surface area (Å²) in [5, 5.41) is 2.97. The molecule has 3 nitrogen and oxygen atoms in total. The lowest BCUT2D eigenvalue weighted by molar-refractivity contribution is -0.121. The van der Waals surface area contributed by atoms with E-state index in [0.29, 0.717) is 24.8 Å². The van der Waals surface area contributed by atoms with Crippen LogP contribution in [-0.2, 0) is 4.79 Å². The van der Waals surface area contributed by atoms with Crippen LogP contribution in [0.15, 0.2) is 30.3 Å². The van der Waals surface area contributed by atoms with Gasteiger partial charge in [0.05, 0.1) is 0 Å². The highest BCUT2D eigenvalue weighted by Crippen LogP contribution is 2.31. The molecule has 1 aromatic carbocycles. The van der Waals surface area contributed by atoms with E-state index in [-0.39, 0.29) is 11.9 Å². The number of rotatable bonds is 7. The van der Waals surface area contributed by atoms with Gasteiger partial charge in [0.25, 0.3) is 0 Å². The van der Waals surface area contributed by atoms with Crippen molar-refractivity contribution >= 4 is 5.91 Å². The lowest BCUT2D eigenvalue weighted by Gasteiger charge is -2.16. The molecule has 0 heterocycles. The molecule has 3 heteroatoms. The zero-order valence-electron chi connectivity index (χ0n) is 11.6. The Labute approximate surface area is 115 Å². The minimum Gasteiger partial charge on any atom is -0.355 e. The first-order chi connectivity index (χ1) is 9.20. The Morgan fingerprint density at radius 2 is 2.05 bits per heavy atom. The van der Waals surface area contributed by atoms with Gasteiger partial charge in [-0.05, 0) is 36.7 Å². The average molecular weight is 260 g/mol. The first-order valence-corrected chi connectivity index (χ1v) is 7.28. The van der Waals surface area contributed by atoms with Crippen LogP contribution in [0.25, 0.3) is 0 Å². The van der Waals surface area contributed by atoms with E-state index in [4.69, 9.17) is 5.73 Å². The molecule has 0 aliphatic heterocycles. The van der Waals surface area contributed by atoms with Gasteiger partial charge in [0.2, 0.25) is 5.91 Å². The standard InChI is InChI=1S/C16H24N2O/c1-2-12(13-6-4-3-5-7-13)10-16(19)18-11-15(17)14-8-9-14/h3-7,12,14-15H,2,8-11,17H2,1H3,(H,18,19). The van der Waals surface area contributed by atoms with Crippen LogP contribution in [-0.4, -0.2) is 18.5 Å². The average Bonchev–Trinajstić information content (AvgIpc) is 3.27. The van der Waals surface area contributed by atoms with E-state index in [9.17, 15) is 4.79 Å². The third kappa shape index (κ3) is 4.35. The molecule has 2 atom stereocenters. The van der Waals surface area contributed by atoms with E-state index < -0.39 is 0 Å². The minimum absolute atomic E-state index is 0.117. The third-order valence-electron chi connectivity index (χ3n) is 3.96. The van der Waals surface area contributed by atoms with E-state index in [2.05, 4.69) is 24.4 Å². The summed E-state index contributed by atoms with van der Waals surface area (Å²) in [5.74, 6) is 1.06. The molecule has 0 saturated heterocycles. The van der Waals surface area contributed by atoms with Gasteiger partial charge < -0.3 is 11.1 Å². The van der Waals surface area contributed by atoms with Gasteiger partial charge in [0.15, 0.2) is 0 Å². The largest absolute Gasteiger partial charge is 0.355 e. The number of hydrogen-bond acceptors (Lipinski definition) is 2. The first-order valence-electron chi connectivity index (χ1n) is 7.28. The molecule has 1 aliphatic rings. The predicted octanol–water partition coefficient (Wildman–Crippen LogP) is 2.42. The second kappa shape index (κ2) is 6.71. The lowest BCUT2D eigenvalue weighted by atomic mass is 9.93. The zero-order valence-corrected chi connectivity index (χ0v) is 11.6. The molecule has 104 valence electrons. The summed E-state index contributed by atoms with van der Waals surface area (Å²) in [7, 11) is 0. The Hall–Kier alpha value is -1.35. The maximum absolute atomic E-state index is 12.0. The van der Waals surface area contributed by atoms with Crippen molar-refractivity contribution in [3.8, 4) is 0 Å². The van der Waals surface area contributed by atoms with Gasteiger partial charge >= 0.3 is 0 Å².